The fraction of sp³-hybridized carbons (Fsp3) is 0.636. The van der Waals surface area contributed by atoms with Gasteiger partial charge in [-0.15, -0.1) is 0 Å². The standard InChI is InChI=1S/C11H20N4O/c1-5-6-8-13-9(15-12)7-10(14-8)16-11(2,3)4/h7H,5-6,12H2,1-4H3,(H,13,14,15). The Morgan fingerprint density at radius 3 is 2.56 bits per heavy atom. The highest BCUT2D eigenvalue weighted by Crippen LogP contribution is 2.18. The number of aryl methyl sites for hydroxylation is 1. The van der Waals surface area contributed by atoms with Crippen molar-refractivity contribution in [2.45, 2.75) is 46.1 Å². The molecule has 0 aliphatic rings. The number of anilines is 1. The molecule has 16 heavy (non-hydrogen) atoms. The summed E-state index contributed by atoms with van der Waals surface area (Å²) in [7, 11) is 0. The van der Waals surface area contributed by atoms with E-state index in [-0.39, 0.29) is 5.60 Å². The lowest BCUT2D eigenvalue weighted by Gasteiger charge is -2.20. The number of rotatable bonds is 4. The van der Waals surface area contributed by atoms with E-state index in [9.17, 15) is 0 Å². The number of nitrogens with zero attached hydrogens (tertiary/aromatic N) is 2. The lowest BCUT2D eigenvalue weighted by atomic mass is 10.2. The van der Waals surface area contributed by atoms with Crippen LogP contribution in [0.4, 0.5) is 5.82 Å². The summed E-state index contributed by atoms with van der Waals surface area (Å²) in [4.78, 5) is 8.57. The third-order valence-corrected chi connectivity index (χ3v) is 1.78. The van der Waals surface area contributed by atoms with Gasteiger partial charge in [0.1, 0.15) is 17.2 Å². The molecule has 1 aromatic heterocycles. The largest absolute Gasteiger partial charge is 0.472 e. The molecular formula is C11H20N4O. The Labute approximate surface area is 96.4 Å². The van der Waals surface area contributed by atoms with Gasteiger partial charge in [0.05, 0.1) is 0 Å². The van der Waals surface area contributed by atoms with E-state index in [1.807, 2.05) is 20.8 Å². The van der Waals surface area contributed by atoms with Crippen LogP contribution in [0, 0.1) is 0 Å². The number of ether oxygens (including phenoxy) is 1. The van der Waals surface area contributed by atoms with E-state index in [0.29, 0.717) is 11.7 Å². The highest BCUT2D eigenvalue weighted by atomic mass is 16.5. The van der Waals surface area contributed by atoms with Gasteiger partial charge in [0.2, 0.25) is 5.88 Å². The maximum Gasteiger partial charge on any atom is 0.219 e. The summed E-state index contributed by atoms with van der Waals surface area (Å²) in [5, 5.41) is 0. The number of nitrogens with one attached hydrogen (secondary N) is 1. The predicted molar refractivity (Wildman–Crippen MR) is 64.2 cm³/mol. The molecule has 0 bridgehead atoms. The summed E-state index contributed by atoms with van der Waals surface area (Å²) >= 11 is 0. The molecule has 5 nitrogen and oxygen atoms in total. The van der Waals surface area contributed by atoms with Gasteiger partial charge in [-0.3, -0.25) is 0 Å². The van der Waals surface area contributed by atoms with Gasteiger partial charge < -0.3 is 10.2 Å². The minimum absolute atomic E-state index is 0.274. The Morgan fingerprint density at radius 2 is 2.06 bits per heavy atom. The molecule has 0 amide bonds. The predicted octanol–water partition coefficient (Wildman–Crippen LogP) is 1.89. The second kappa shape index (κ2) is 5.12. The van der Waals surface area contributed by atoms with Crippen LogP contribution < -0.4 is 16.0 Å². The second-order valence-corrected chi connectivity index (χ2v) is 4.62. The zero-order chi connectivity index (χ0) is 12.2. The maximum absolute atomic E-state index is 5.68. The van der Waals surface area contributed by atoms with E-state index < -0.39 is 0 Å². The smallest absolute Gasteiger partial charge is 0.219 e. The first-order chi connectivity index (χ1) is 7.44. The van der Waals surface area contributed by atoms with Crippen molar-refractivity contribution in [3.05, 3.63) is 11.9 Å². The van der Waals surface area contributed by atoms with Gasteiger partial charge in [-0.1, -0.05) is 6.92 Å². The van der Waals surface area contributed by atoms with Gasteiger partial charge in [-0.05, 0) is 27.2 Å². The second-order valence-electron chi connectivity index (χ2n) is 4.62. The first kappa shape index (κ1) is 12.7. The molecule has 1 aromatic rings. The van der Waals surface area contributed by atoms with Crippen LogP contribution in [0.5, 0.6) is 5.88 Å². The van der Waals surface area contributed by atoms with Gasteiger partial charge in [-0.25, -0.2) is 10.8 Å². The van der Waals surface area contributed by atoms with Crippen LogP contribution in [0.3, 0.4) is 0 Å². The normalized spacial score (nSPS) is 11.3. The Balaban J connectivity index is 2.95. The minimum atomic E-state index is -0.274. The number of hydrogen-bond donors (Lipinski definition) is 2. The first-order valence-electron chi connectivity index (χ1n) is 5.48. The number of nitrogens with two attached hydrogens (primary N) is 1. The van der Waals surface area contributed by atoms with Gasteiger partial charge in [0, 0.05) is 12.5 Å². The molecule has 5 heteroatoms. The fourth-order valence-electron chi connectivity index (χ4n) is 1.25. The number of hydrogen-bond acceptors (Lipinski definition) is 5. The van der Waals surface area contributed by atoms with Gasteiger partial charge in [0.25, 0.3) is 0 Å². The van der Waals surface area contributed by atoms with Crippen molar-refractivity contribution in [1.29, 1.82) is 0 Å². The highest BCUT2D eigenvalue weighted by Gasteiger charge is 2.14. The molecule has 0 aromatic carbocycles. The number of aromatic nitrogens is 2. The quantitative estimate of drug-likeness (QED) is 0.603. The van der Waals surface area contributed by atoms with Crippen LogP contribution in [0.1, 0.15) is 39.9 Å². The molecule has 0 saturated carbocycles. The first-order valence-corrected chi connectivity index (χ1v) is 5.48. The summed E-state index contributed by atoms with van der Waals surface area (Å²) in [6.07, 6.45) is 1.80. The zero-order valence-corrected chi connectivity index (χ0v) is 10.4. The monoisotopic (exact) mass is 224 g/mol. The van der Waals surface area contributed by atoms with Gasteiger partial charge in [-0.2, -0.15) is 4.98 Å². The van der Waals surface area contributed by atoms with Crippen molar-refractivity contribution in [2.24, 2.45) is 5.84 Å². The van der Waals surface area contributed by atoms with Crippen LogP contribution >= 0.6 is 0 Å². The maximum atomic E-state index is 5.68. The summed E-state index contributed by atoms with van der Waals surface area (Å²) in [6.45, 7) is 8.01. The lowest BCUT2D eigenvalue weighted by Crippen LogP contribution is -2.24. The van der Waals surface area contributed by atoms with Gasteiger partial charge in [0.15, 0.2) is 0 Å². The average Bonchev–Trinajstić information content (AvgIpc) is 2.15. The van der Waals surface area contributed by atoms with E-state index in [2.05, 4.69) is 22.3 Å². The zero-order valence-electron chi connectivity index (χ0n) is 10.4. The average molecular weight is 224 g/mol. The number of hydrazine groups is 1. The summed E-state index contributed by atoms with van der Waals surface area (Å²) in [5.74, 6) is 7.23. The van der Waals surface area contributed by atoms with Crippen LogP contribution in [-0.4, -0.2) is 15.6 Å². The molecule has 0 aliphatic heterocycles. The molecule has 3 N–H and O–H groups in total. The Kier molecular flexibility index (Phi) is 4.06. The third-order valence-electron chi connectivity index (χ3n) is 1.78. The summed E-state index contributed by atoms with van der Waals surface area (Å²) in [5.41, 5.74) is 2.25. The fourth-order valence-corrected chi connectivity index (χ4v) is 1.25. The molecule has 1 rings (SSSR count). The van der Waals surface area contributed by atoms with Crippen molar-refractivity contribution >= 4 is 5.82 Å². The lowest BCUT2D eigenvalue weighted by molar-refractivity contribution is 0.123. The van der Waals surface area contributed by atoms with E-state index in [0.717, 1.165) is 18.7 Å². The highest BCUT2D eigenvalue weighted by molar-refractivity contribution is 5.37. The molecule has 0 radical (unpaired) electrons. The molecule has 0 aliphatic carbocycles. The molecule has 0 unspecified atom stereocenters. The van der Waals surface area contributed by atoms with Crippen molar-refractivity contribution in [2.75, 3.05) is 5.43 Å². The van der Waals surface area contributed by atoms with Crippen molar-refractivity contribution in [3.63, 3.8) is 0 Å². The van der Waals surface area contributed by atoms with Crippen molar-refractivity contribution in [3.8, 4) is 5.88 Å². The van der Waals surface area contributed by atoms with Crippen LogP contribution in [0.25, 0.3) is 0 Å². The summed E-state index contributed by atoms with van der Waals surface area (Å²) < 4.78 is 5.68. The minimum Gasteiger partial charge on any atom is -0.472 e. The van der Waals surface area contributed by atoms with E-state index in [1.54, 1.807) is 6.07 Å². The molecule has 0 saturated heterocycles. The van der Waals surface area contributed by atoms with Crippen molar-refractivity contribution in [1.82, 2.24) is 9.97 Å². The van der Waals surface area contributed by atoms with E-state index in [4.69, 9.17) is 10.6 Å². The molecular weight excluding hydrogens is 204 g/mol. The molecule has 0 spiro atoms. The van der Waals surface area contributed by atoms with Crippen LogP contribution in [0.2, 0.25) is 0 Å². The Hall–Kier alpha value is -1.36. The Bertz CT molecular complexity index is 346. The molecule has 90 valence electrons. The summed E-state index contributed by atoms with van der Waals surface area (Å²) in [6, 6.07) is 1.70. The van der Waals surface area contributed by atoms with Crippen LogP contribution in [0.15, 0.2) is 6.07 Å². The Morgan fingerprint density at radius 1 is 1.38 bits per heavy atom. The molecule has 0 fully saturated rings. The molecule has 1 heterocycles. The van der Waals surface area contributed by atoms with Crippen molar-refractivity contribution < 1.29 is 4.74 Å². The third kappa shape index (κ3) is 4.02. The number of nitrogen functional groups attached to an aromatic ring is 1. The molecule has 0 atom stereocenters. The van der Waals surface area contributed by atoms with Gasteiger partial charge >= 0.3 is 0 Å². The van der Waals surface area contributed by atoms with E-state index >= 15 is 0 Å². The van der Waals surface area contributed by atoms with E-state index in [1.165, 1.54) is 0 Å². The topological polar surface area (TPSA) is 73.1 Å². The van der Waals surface area contributed by atoms with Crippen LogP contribution in [-0.2, 0) is 6.42 Å². The SMILES string of the molecule is CCCc1nc(NN)cc(OC(C)(C)C)n1.